The lowest BCUT2D eigenvalue weighted by molar-refractivity contribution is -0.282. The topological polar surface area (TPSA) is 94.5 Å². The summed E-state index contributed by atoms with van der Waals surface area (Å²) < 4.78 is 19.5. The summed E-state index contributed by atoms with van der Waals surface area (Å²) in [6, 6.07) is 18.3. The number of hydroxylamine groups is 2. The first kappa shape index (κ1) is 32.3. The highest BCUT2D eigenvalue weighted by atomic mass is 28.4. The molecule has 2 aliphatic rings. The molecule has 0 radical (unpaired) electrons. The summed E-state index contributed by atoms with van der Waals surface area (Å²) in [7, 11) is -4.81. The Morgan fingerprint density at radius 2 is 1.52 bits per heavy atom. The first-order valence-electron chi connectivity index (χ1n) is 14.5. The summed E-state index contributed by atoms with van der Waals surface area (Å²) >= 11 is 0. The van der Waals surface area contributed by atoms with Crippen molar-refractivity contribution in [1.82, 2.24) is 5.06 Å². The van der Waals surface area contributed by atoms with E-state index in [1.165, 1.54) is 5.06 Å². The van der Waals surface area contributed by atoms with Crippen molar-refractivity contribution in [2.75, 3.05) is 6.61 Å². The average Bonchev–Trinajstić information content (AvgIpc) is 2.91. The number of benzene rings is 2. The largest absolute Gasteiger partial charge is 0.459 e. The van der Waals surface area contributed by atoms with Crippen LogP contribution in [0, 0.1) is 0 Å². The number of β-lactam (4-membered cyclic amide) rings is 1. The van der Waals surface area contributed by atoms with Crippen molar-refractivity contribution in [3.8, 4) is 0 Å². The average molecular weight is 612 g/mol. The third-order valence-electron chi connectivity index (χ3n) is 8.32. The molecule has 1 fully saturated rings. The molecular formula is C32H45NO7Si2. The number of esters is 1. The number of carbonyl (C=O) groups excluding carboxylic acids is 2. The Morgan fingerprint density at radius 3 is 2.07 bits per heavy atom. The smallest absolute Gasteiger partial charge is 0.338 e. The highest BCUT2D eigenvalue weighted by molar-refractivity contribution is 6.74. The van der Waals surface area contributed by atoms with Gasteiger partial charge < -0.3 is 18.7 Å². The monoisotopic (exact) mass is 611 g/mol. The van der Waals surface area contributed by atoms with Crippen LogP contribution in [-0.2, 0) is 29.8 Å². The van der Waals surface area contributed by atoms with E-state index in [-0.39, 0.29) is 30.6 Å². The van der Waals surface area contributed by atoms with Crippen molar-refractivity contribution in [3.63, 3.8) is 0 Å². The molecule has 1 N–H and O–H groups in total. The molecule has 0 bridgehead atoms. The Bertz CT molecular complexity index is 1290. The maximum Gasteiger partial charge on any atom is 0.338 e. The van der Waals surface area contributed by atoms with Crippen LogP contribution in [0.15, 0.2) is 72.8 Å². The number of aliphatic hydroxyl groups is 1. The molecule has 42 heavy (non-hydrogen) atoms. The van der Waals surface area contributed by atoms with E-state index in [9.17, 15) is 14.7 Å². The van der Waals surface area contributed by atoms with Crippen LogP contribution in [0.2, 0.25) is 37.8 Å². The Morgan fingerprint density at radius 1 is 0.929 bits per heavy atom. The van der Waals surface area contributed by atoms with E-state index in [0.29, 0.717) is 5.56 Å². The van der Waals surface area contributed by atoms with E-state index in [0.717, 1.165) is 5.56 Å². The molecule has 228 valence electrons. The normalized spacial score (nSPS) is 26.3. The quantitative estimate of drug-likeness (QED) is 0.156. The first-order chi connectivity index (χ1) is 19.5. The summed E-state index contributed by atoms with van der Waals surface area (Å²) in [6.07, 6.45) is 1.83. The molecule has 2 aromatic carbocycles. The minimum atomic E-state index is -2.52. The fourth-order valence-electron chi connectivity index (χ4n) is 4.95. The predicted molar refractivity (Wildman–Crippen MR) is 167 cm³/mol. The van der Waals surface area contributed by atoms with Crippen LogP contribution >= 0.6 is 0 Å². The van der Waals surface area contributed by atoms with Gasteiger partial charge in [-0.25, -0.2) is 9.86 Å². The molecule has 1 amide bonds. The van der Waals surface area contributed by atoms with E-state index in [1.54, 1.807) is 36.4 Å². The second kappa shape index (κ2) is 11.8. The molecule has 1 aliphatic carbocycles. The van der Waals surface area contributed by atoms with Crippen molar-refractivity contribution in [3.05, 3.63) is 83.9 Å². The third-order valence-corrected chi connectivity index (χ3v) is 13.7. The number of hydrogen-bond acceptors (Lipinski definition) is 7. The van der Waals surface area contributed by atoms with Crippen LogP contribution in [0.5, 0.6) is 0 Å². The Hall–Kier alpha value is -2.61. The first-order valence-corrected chi connectivity index (χ1v) is 20.8. The van der Waals surface area contributed by atoms with Gasteiger partial charge >= 0.3 is 5.97 Å². The highest BCUT2D eigenvalue weighted by Crippen LogP contribution is 2.49. The van der Waals surface area contributed by atoms with Crippen molar-refractivity contribution in [2.24, 2.45) is 0 Å². The fourth-order valence-corrected chi connectivity index (χ4v) is 7.35. The van der Waals surface area contributed by atoms with Gasteiger partial charge in [0.25, 0.3) is 0 Å². The van der Waals surface area contributed by atoms with Gasteiger partial charge in [0.1, 0.15) is 36.6 Å². The van der Waals surface area contributed by atoms with Crippen molar-refractivity contribution < 1.29 is 33.1 Å². The molecule has 10 heteroatoms. The molecule has 0 unspecified atom stereocenters. The van der Waals surface area contributed by atoms with Crippen LogP contribution in [0.3, 0.4) is 0 Å². The molecule has 8 nitrogen and oxygen atoms in total. The van der Waals surface area contributed by atoms with Gasteiger partial charge in [0.05, 0.1) is 12.0 Å². The summed E-state index contributed by atoms with van der Waals surface area (Å²) in [5, 5.41) is 13.5. The van der Waals surface area contributed by atoms with Crippen LogP contribution in [0.25, 0.3) is 0 Å². The second-order valence-electron chi connectivity index (χ2n) is 13.8. The molecule has 1 aliphatic heterocycles. The number of ether oxygens (including phenoxy) is 1. The summed E-state index contributed by atoms with van der Waals surface area (Å²) in [5.74, 6) is -0.718. The van der Waals surface area contributed by atoms with Gasteiger partial charge in [0, 0.05) is 0 Å². The number of amides is 1. The standard InChI is InChI=1S/C32H45NO7Si2/c1-30(2,3)42(7,8)40-28-27(39-41(4,5)6)31(21-26(34)33(31)38-22-24-15-11-9-12-16-24)19-20-32(28,36)23-37-29(35)25-17-13-10-14-18-25/h9-20,27-28,36H,21-23H2,1-8H3/t27-,28+,31+,32-/m1/s1. The van der Waals surface area contributed by atoms with Crippen LogP contribution < -0.4 is 0 Å². The fraction of sp³-hybridized carbons (Fsp3) is 0.500. The summed E-state index contributed by atoms with van der Waals surface area (Å²) in [5.41, 5.74) is -1.39. The van der Waals surface area contributed by atoms with Crippen LogP contribution in [0.1, 0.15) is 43.1 Å². The zero-order valence-corrected chi connectivity index (χ0v) is 28.0. The van der Waals surface area contributed by atoms with Crippen molar-refractivity contribution in [2.45, 2.75) is 94.9 Å². The number of hydrogen-bond donors (Lipinski definition) is 1. The molecule has 0 aromatic heterocycles. The van der Waals surface area contributed by atoms with Gasteiger partial charge in [-0.05, 0) is 61.5 Å². The lowest BCUT2D eigenvalue weighted by Crippen LogP contribution is -2.77. The highest BCUT2D eigenvalue weighted by Gasteiger charge is 2.66. The van der Waals surface area contributed by atoms with E-state index in [2.05, 4.69) is 53.5 Å². The van der Waals surface area contributed by atoms with Crippen molar-refractivity contribution in [1.29, 1.82) is 0 Å². The maximum atomic E-state index is 13.1. The van der Waals surface area contributed by atoms with E-state index >= 15 is 0 Å². The third kappa shape index (κ3) is 6.79. The lowest BCUT2D eigenvalue weighted by Gasteiger charge is -2.60. The van der Waals surface area contributed by atoms with E-state index in [4.69, 9.17) is 18.4 Å². The minimum Gasteiger partial charge on any atom is -0.459 e. The van der Waals surface area contributed by atoms with E-state index < -0.39 is 46.0 Å². The van der Waals surface area contributed by atoms with Gasteiger partial charge in [0.2, 0.25) is 5.91 Å². The molecule has 2 aromatic rings. The Kier molecular flexibility index (Phi) is 9.09. The number of carbonyl (C=O) groups is 2. The lowest BCUT2D eigenvalue weighted by atomic mass is 9.70. The Balaban J connectivity index is 1.74. The molecule has 4 atom stereocenters. The van der Waals surface area contributed by atoms with Gasteiger partial charge in [-0.3, -0.25) is 9.63 Å². The SMILES string of the molecule is CC(C)(C)[Si](C)(C)O[C@H]1[C@@H](O[Si](C)(C)C)[C@]2(C=C[C@@]1(O)COC(=O)c1ccccc1)CC(=O)N2OCc1ccccc1. The molecular weight excluding hydrogens is 567 g/mol. The van der Waals surface area contributed by atoms with Gasteiger partial charge in [-0.15, -0.1) is 0 Å². The van der Waals surface area contributed by atoms with Gasteiger partial charge in [0.15, 0.2) is 16.6 Å². The molecule has 1 saturated heterocycles. The predicted octanol–water partition coefficient (Wildman–Crippen LogP) is 5.86. The Labute approximate surface area is 251 Å². The van der Waals surface area contributed by atoms with Crippen LogP contribution in [0.4, 0.5) is 0 Å². The molecule has 1 spiro atoms. The summed E-state index contributed by atoms with van der Waals surface area (Å²) in [6.45, 7) is 16.6. The van der Waals surface area contributed by atoms with Gasteiger partial charge in [-0.1, -0.05) is 75.4 Å². The zero-order valence-electron chi connectivity index (χ0n) is 26.0. The zero-order chi connectivity index (χ0) is 31.0. The van der Waals surface area contributed by atoms with Crippen LogP contribution in [-0.4, -0.2) is 68.6 Å². The molecule has 4 rings (SSSR count). The minimum absolute atomic E-state index is 0.144. The molecule has 0 saturated carbocycles. The van der Waals surface area contributed by atoms with E-state index in [1.807, 2.05) is 36.4 Å². The maximum absolute atomic E-state index is 13.1. The number of nitrogens with zero attached hydrogens (tertiary/aromatic N) is 1. The van der Waals surface area contributed by atoms with Gasteiger partial charge in [-0.2, -0.15) is 0 Å². The van der Waals surface area contributed by atoms with Crippen molar-refractivity contribution >= 4 is 28.5 Å². The number of rotatable bonds is 10. The molecule has 1 heterocycles. The second-order valence-corrected chi connectivity index (χ2v) is 23.0. The summed E-state index contributed by atoms with van der Waals surface area (Å²) in [4.78, 5) is 32.1.